The van der Waals surface area contributed by atoms with Crippen molar-refractivity contribution in [2.75, 3.05) is 23.7 Å². The number of para-hydroxylation sites is 1. The number of hydrogen-bond donors (Lipinski definition) is 1. The highest BCUT2D eigenvalue weighted by Gasteiger charge is 2.33. The van der Waals surface area contributed by atoms with Crippen LogP contribution in [-0.4, -0.2) is 50.5 Å². The zero-order valence-corrected chi connectivity index (χ0v) is 22.9. The van der Waals surface area contributed by atoms with Crippen LogP contribution < -0.4 is 9.62 Å². The molecule has 196 valence electrons. The fraction of sp³-hybridized carbons (Fsp3) is 0.259. The van der Waals surface area contributed by atoms with E-state index in [9.17, 15) is 18.0 Å². The van der Waals surface area contributed by atoms with Crippen LogP contribution in [0.1, 0.15) is 18.1 Å². The van der Waals surface area contributed by atoms with E-state index < -0.39 is 28.5 Å². The van der Waals surface area contributed by atoms with E-state index in [0.29, 0.717) is 17.1 Å². The number of nitrogens with one attached hydrogen (secondary N) is 1. The molecule has 0 aliphatic heterocycles. The van der Waals surface area contributed by atoms with Crippen LogP contribution in [0.15, 0.2) is 78.9 Å². The molecule has 0 aromatic heterocycles. The van der Waals surface area contributed by atoms with Crippen molar-refractivity contribution in [2.45, 2.75) is 25.9 Å². The van der Waals surface area contributed by atoms with E-state index in [2.05, 4.69) is 5.32 Å². The summed E-state index contributed by atoms with van der Waals surface area (Å²) in [5.74, 6) is -0.900. The van der Waals surface area contributed by atoms with Gasteiger partial charge in [-0.3, -0.25) is 13.9 Å². The van der Waals surface area contributed by atoms with E-state index in [0.717, 1.165) is 16.1 Å². The Morgan fingerprint density at radius 3 is 2.19 bits per heavy atom. The van der Waals surface area contributed by atoms with Crippen molar-refractivity contribution in [1.82, 2.24) is 10.2 Å². The fourth-order valence-electron chi connectivity index (χ4n) is 3.93. The van der Waals surface area contributed by atoms with Crippen LogP contribution in [0.4, 0.5) is 5.69 Å². The van der Waals surface area contributed by atoms with Crippen molar-refractivity contribution in [1.29, 1.82) is 0 Å². The third-order valence-electron chi connectivity index (χ3n) is 5.66. The lowest BCUT2D eigenvalue weighted by molar-refractivity contribution is -0.140. The number of carbonyl (C=O) groups is 2. The van der Waals surface area contributed by atoms with Gasteiger partial charge in [0, 0.05) is 24.5 Å². The molecule has 3 aromatic carbocycles. The van der Waals surface area contributed by atoms with Crippen molar-refractivity contribution >= 4 is 50.7 Å². The molecule has 2 amide bonds. The first kappa shape index (κ1) is 28.5. The highest BCUT2D eigenvalue weighted by Crippen LogP contribution is 2.28. The molecule has 1 N–H and O–H groups in total. The standard InChI is InChI=1S/C27H29Cl2N3O4S/c1-3-30-27(34)25(17-20-10-5-4-6-11-20)31(18-21-12-9-13-22(28)16-21)26(33)19-32(37(2,35)36)24-15-8-7-14-23(24)29/h4-16,25H,3,17-19H2,1-2H3,(H,30,34)/t25-/m1/s1. The normalized spacial score (nSPS) is 12.0. The quantitative estimate of drug-likeness (QED) is 0.372. The molecule has 0 unspecified atom stereocenters. The Balaban J connectivity index is 2.05. The van der Waals surface area contributed by atoms with Gasteiger partial charge in [0.2, 0.25) is 21.8 Å². The number of anilines is 1. The number of benzene rings is 3. The Morgan fingerprint density at radius 1 is 0.919 bits per heavy atom. The maximum atomic E-state index is 13.9. The summed E-state index contributed by atoms with van der Waals surface area (Å²) in [5.41, 5.74) is 1.74. The molecular formula is C27H29Cl2N3O4S. The molecule has 0 saturated heterocycles. The van der Waals surface area contributed by atoms with E-state index in [1.807, 2.05) is 30.3 Å². The molecule has 0 fully saturated rings. The molecule has 0 bridgehead atoms. The lowest BCUT2D eigenvalue weighted by atomic mass is 10.0. The summed E-state index contributed by atoms with van der Waals surface area (Å²) in [7, 11) is -3.88. The Labute approximate surface area is 228 Å². The smallest absolute Gasteiger partial charge is 0.244 e. The maximum Gasteiger partial charge on any atom is 0.244 e. The van der Waals surface area contributed by atoms with Gasteiger partial charge >= 0.3 is 0 Å². The van der Waals surface area contributed by atoms with E-state index in [1.54, 1.807) is 49.4 Å². The van der Waals surface area contributed by atoms with Crippen LogP contribution >= 0.6 is 23.2 Å². The van der Waals surface area contributed by atoms with Gasteiger partial charge < -0.3 is 10.2 Å². The Bertz CT molecular complexity index is 1340. The van der Waals surface area contributed by atoms with Crippen molar-refractivity contribution in [3.8, 4) is 0 Å². The van der Waals surface area contributed by atoms with Gasteiger partial charge in [-0.15, -0.1) is 0 Å². The number of nitrogens with zero attached hydrogens (tertiary/aromatic N) is 2. The van der Waals surface area contributed by atoms with Gasteiger partial charge in [0.15, 0.2) is 0 Å². The Hall–Kier alpha value is -3.07. The zero-order valence-electron chi connectivity index (χ0n) is 20.6. The molecule has 3 rings (SSSR count). The Kier molecular flexibility index (Phi) is 9.97. The third-order valence-corrected chi connectivity index (χ3v) is 7.35. The molecule has 3 aromatic rings. The minimum atomic E-state index is -3.88. The maximum absolute atomic E-state index is 13.9. The van der Waals surface area contributed by atoms with Crippen LogP contribution in [0.5, 0.6) is 0 Å². The van der Waals surface area contributed by atoms with Crippen LogP contribution in [0, 0.1) is 0 Å². The van der Waals surface area contributed by atoms with Crippen LogP contribution in [0.3, 0.4) is 0 Å². The van der Waals surface area contributed by atoms with Gasteiger partial charge in [0.1, 0.15) is 12.6 Å². The molecular weight excluding hydrogens is 533 g/mol. The first-order valence-corrected chi connectivity index (χ1v) is 14.3. The highest BCUT2D eigenvalue weighted by atomic mass is 35.5. The predicted octanol–water partition coefficient (Wildman–Crippen LogP) is 4.54. The second-order valence-electron chi connectivity index (χ2n) is 8.47. The number of amides is 2. The van der Waals surface area contributed by atoms with E-state index in [-0.39, 0.29) is 29.6 Å². The summed E-state index contributed by atoms with van der Waals surface area (Å²) in [4.78, 5) is 28.6. The average molecular weight is 563 g/mol. The Morgan fingerprint density at radius 2 is 1.57 bits per heavy atom. The first-order chi connectivity index (χ1) is 17.6. The summed E-state index contributed by atoms with van der Waals surface area (Å²) in [6.45, 7) is 1.68. The lowest BCUT2D eigenvalue weighted by Crippen LogP contribution is -2.53. The van der Waals surface area contributed by atoms with Crippen LogP contribution in [0.25, 0.3) is 0 Å². The average Bonchev–Trinajstić information content (AvgIpc) is 2.85. The molecule has 0 saturated carbocycles. The zero-order chi connectivity index (χ0) is 27.0. The molecule has 7 nitrogen and oxygen atoms in total. The van der Waals surface area contributed by atoms with Crippen molar-refractivity contribution in [3.05, 3.63) is 100 Å². The molecule has 10 heteroatoms. The third kappa shape index (κ3) is 7.95. The van der Waals surface area contributed by atoms with Gasteiger partial charge in [-0.2, -0.15) is 0 Å². The molecule has 0 spiro atoms. The fourth-order valence-corrected chi connectivity index (χ4v) is 5.29. The van der Waals surface area contributed by atoms with E-state index >= 15 is 0 Å². The lowest BCUT2D eigenvalue weighted by Gasteiger charge is -2.33. The first-order valence-electron chi connectivity index (χ1n) is 11.7. The van der Waals surface area contributed by atoms with E-state index in [4.69, 9.17) is 23.2 Å². The van der Waals surface area contributed by atoms with Crippen LogP contribution in [-0.2, 0) is 32.6 Å². The van der Waals surface area contributed by atoms with Crippen molar-refractivity contribution in [2.24, 2.45) is 0 Å². The summed E-state index contributed by atoms with van der Waals surface area (Å²) >= 11 is 12.5. The molecule has 1 atom stereocenters. The largest absolute Gasteiger partial charge is 0.355 e. The molecule has 37 heavy (non-hydrogen) atoms. The second-order valence-corrected chi connectivity index (χ2v) is 11.2. The predicted molar refractivity (Wildman–Crippen MR) is 148 cm³/mol. The molecule has 0 heterocycles. The van der Waals surface area contributed by atoms with Gasteiger partial charge in [0.25, 0.3) is 0 Å². The van der Waals surface area contributed by atoms with Gasteiger partial charge in [0.05, 0.1) is 17.0 Å². The van der Waals surface area contributed by atoms with E-state index in [1.165, 1.54) is 11.0 Å². The topological polar surface area (TPSA) is 86.8 Å². The summed E-state index contributed by atoms with van der Waals surface area (Å²) in [6.07, 6.45) is 1.25. The minimum Gasteiger partial charge on any atom is -0.355 e. The number of carbonyl (C=O) groups excluding carboxylic acids is 2. The van der Waals surface area contributed by atoms with Gasteiger partial charge in [-0.1, -0.05) is 77.8 Å². The summed E-state index contributed by atoms with van der Waals surface area (Å²) < 4.78 is 26.4. The van der Waals surface area contributed by atoms with Gasteiger partial charge in [-0.25, -0.2) is 8.42 Å². The van der Waals surface area contributed by atoms with Gasteiger partial charge in [-0.05, 0) is 42.3 Å². The molecule has 0 aliphatic carbocycles. The molecule has 0 aliphatic rings. The SMILES string of the molecule is CCNC(=O)[C@@H](Cc1ccccc1)N(Cc1cccc(Cl)c1)C(=O)CN(c1ccccc1Cl)S(C)(=O)=O. The second kappa shape index (κ2) is 12.9. The number of hydrogen-bond acceptors (Lipinski definition) is 4. The monoisotopic (exact) mass is 561 g/mol. The van der Waals surface area contributed by atoms with Crippen molar-refractivity contribution in [3.63, 3.8) is 0 Å². The number of likely N-dealkylation sites (N-methyl/N-ethyl adjacent to an activating group) is 1. The summed E-state index contributed by atoms with van der Waals surface area (Å²) in [5, 5.41) is 3.48. The summed E-state index contributed by atoms with van der Waals surface area (Å²) in [6, 6.07) is 21.8. The minimum absolute atomic E-state index is 0.0498. The van der Waals surface area contributed by atoms with Crippen LogP contribution in [0.2, 0.25) is 10.0 Å². The number of rotatable bonds is 11. The molecule has 0 radical (unpaired) electrons. The van der Waals surface area contributed by atoms with Crippen molar-refractivity contribution < 1.29 is 18.0 Å². The number of halogens is 2. The number of sulfonamides is 1. The highest BCUT2D eigenvalue weighted by molar-refractivity contribution is 7.92.